The summed E-state index contributed by atoms with van der Waals surface area (Å²) in [6.07, 6.45) is 1.54. The van der Waals surface area contributed by atoms with Crippen LogP contribution in [0.2, 0.25) is 0 Å². The van der Waals surface area contributed by atoms with E-state index in [-0.39, 0.29) is 11.8 Å². The van der Waals surface area contributed by atoms with Crippen molar-refractivity contribution in [2.45, 2.75) is 12.8 Å². The molecule has 2 rings (SSSR count). The Kier molecular flexibility index (Phi) is 4.18. The number of carbonyl (C=O) groups is 1. The molecule has 1 fully saturated rings. The van der Waals surface area contributed by atoms with Crippen LogP contribution >= 0.6 is 15.9 Å². The second-order valence-corrected chi connectivity index (χ2v) is 5.35. The molecule has 0 aliphatic carbocycles. The summed E-state index contributed by atoms with van der Waals surface area (Å²) in [5.74, 6) is -0.702. The largest absolute Gasteiger partial charge is 0.481 e. The number of piperidine rings is 1. The molecule has 1 aliphatic heterocycles. The van der Waals surface area contributed by atoms with Crippen molar-refractivity contribution < 1.29 is 9.90 Å². The van der Waals surface area contributed by atoms with Gasteiger partial charge >= 0.3 is 5.97 Å². The second kappa shape index (κ2) is 5.65. The van der Waals surface area contributed by atoms with Crippen molar-refractivity contribution in [1.82, 2.24) is 5.32 Å². The van der Waals surface area contributed by atoms with Gasteiger partial charge in [0.15, 0.2) is 0 Å². The van der Waals surface area contributed by atoms with Crippen LogP contribution in [0.1, 0.15) is 12.0 Å². The predicted molar refractivity (Wildman–Crippen MR) is 69.9 cm³/mol. The minimum Gasteiger partial charge on any atom is -0.481 e. The minimum atomic E-state index is -0.663. The first-order valence-corrected chi connectivity index (χ1v) is 6.64. The number of benzene rings is 1. The number of hydrogen-bond donors (Lipinski definition) is 2. The lowest BCUT2D eigenvalue weighted by atomic mass is 9.82. The molecule has 3 nitrogen and oxygen atoms in total. The maximum Gasteiger partial charge on any atom is 0.306 e. The van der Waals surface area contributed by atoms with Crippen LogP contribution in [0, 0.1) is 11.8 Å². The summed E-state index contributed by atoms with van der Waals surface area (Å²) >= 11 is 3.51. The van der Waals surface area contributed by atoms with Gasteiger partial charge in [-0.25, -0.2) is 0 Å². The fourth-order valence-corrected chi connectivity index (χ4v) is 2.86. The van der Waals surface area contributed by atoms with Crippen molar-refractivity contribution in [3.05, 3.63) is 34.3 Å². The second-order valence-electron chi connectivity index (χ2n) is 4.49. The normalized spacial score (nSPS) is 24.5. The van der Waals surface area contributed by atoms with E-state index in [0.29, 0.717) is 0 Å². The van der Waals surface area contributed by atoms with Crippen molar-refractivity contribution in [2.24, 2.45) is 11.8 Å². The molecule has 2 atom stereocenters. The van der Waals surface area contributed by atoms with Crippen LogP contribution in [-0.2, 0) is 11.2 Å². The monoisotopic (exact) mass is 297 g/mol. The fourth-order valence-electron chi connectivity index (χ4n) is 2.41. The number of carboxylic acids is 1. The number of rotatable bonds is 3. The third kappa shape index (κ3) is 3.07. The van der Waals surface area contributed by atoms with Gasteiger partial charge in [0.05, 0.1) is 5.92 Å². The Hall–Kier alpha value is -0.870. The SMILES string of the molecule is O=C(O)C1CCNCC1Cc1ccccc1Br. The molecule has 0 bridgehead atoms. The summed E-state index contributed by atoms with van der Waals surface area (Å²) in [6, 6.07) is 8.02. The maximum atomic E-state index is 11.2. The predicted octanol–water partition coefficient (Wildman–Crippen LogP) is 2.30. The number of nitrogens with one attached hydrogen (secondary N) is 1. The molecule has 4 heteroatoms. The number of aliphatic carboxylic acids is 1. The topological polar surface area (TPSA) is 49.3 Å². The van der Waals surface area contributed by atoms with E-state index >= 15 is 0 Å². The molecule has 2 unspecified atom stereocenters. The summed E-state index contributed by atoms with van der Waals surface area (Å²) < 4.78 is 1.06. The van der Waals surface area contributed by atoms with Gasteiger partial charge in [-0.05, 0) is 43.5 Å². The molecule has 1 aliphatic rings. The fraction of sp³-hybridized carbons (Fsp3) is 0.462. The molecule has 17 heavy (non-hydrogen) atoms. The van der Waals surface area contributed by atoms with E-state index < -0.39 is 5.97 Å². The van der Waals surface area contributed by atoms with Crippen LogP contribution in [0.5, 0.6) is 0 Å². The van der Waals surface area contributed by atoms with Crippen LogP contribution < -0.4 is 5.32 Å². The molecule has 2 N–H and O–H groups in total. The summed E-state index contributed by atoms with van der Waals surface area (Å²) in [5.41, 5.74) is 1.19. The first-order chi connectivity index (χ1) is 8.18. The molecule has 92 valence electrons. The van der Waals surface area contributed by atoms with E-state index in [0.717, 1.165) is 30.4 Å². The molecule has 0 saturated carbocycles. The molecule has 1 aromatic carbocycles. The van der Waals surface area contributed by atoms with Crippen LogP contribution in [0.15, 0.2) is 28.7 Å². The maximum absolute atomic E-state index is 11.2. The molecule has 0 aromatic heterocycles. The van der Waals surface area contributed by atoms with Crippen LogP contribution in [0.3, 0.4) is 0 Å². The Labute approximate surface area is 109 Å². The lowest BCUT2D eigenvalue weighted by Crippen LogP contribution is -2.41. The molecule has 0 spiro atoms. The van der Waals surface area contributed by atoms with Gasteiger partial charge in [0.25, 0.3) is 0 Å². The van der Waals surface area contributed by atoms with Gasteiger partial charge in [0.2, 0.25) is 0 Å². The third-order valence-corrected chi connectivity index (χ3v) is 4.14. The minimum absolute atomic E-state index is 0.181. The quantitative estimate of drug-likeness (QED) is 0.900. The average molecular weight is 298 g/mol. The van der Waals surface area contributed by atoms with E-state index in [1.165, 1.54) is 5.56 Å². The zero-order valence-corrected chi connectivity index (χ0v) is 11.1. The van der Waals surface area contributed by atoms with Crippen LogP contribution in [-0.4, -0.2) is 24.2 Å². The molecule has 1 saturated heterocycles. The number of halogens is 1. The van der Waals surface area contributed by atoms with E-state index in [1.54, 1.807) is 0 Å². The van der Waals surface area contributed by atoms with E-state index in [4.69, 9.17) is 0 Å². The van der Waals surface area contributed by atoms with Gasteiger partial charge in [-0.1, -0.05) is 34.1 Å². The lowest BCUT2D eigenvalue weighted by molar-refractivity contribution is -0.144. The highest BCUT2D eigenvalue weighted by Gasteiger charge is 2.30. The highest BCUT2D eigenvalue weighted by molar-refractivity contribution is 9.10. The first-order valence-electron chi connectivity index (χ1n) is 5.85. The van der Waals surface area contributed by atoms with Gasteiger partial charge in [-0.3, -0.25) is 4.79 Å². The summed E-state index contributed by atoms with van der Waals surface area (Å²) in [6.45, 7) is 1.60. The van der Waals surface area contributed by atoms with Crippen molar-refractivity contribution >= 4 is 21.9 Å². The highest BCUT2D eigenvalue weighted by Crippen LogP contribution is 2.26. The van der Waals surface area contributed by atoms with E-state index in [9.17, 15) is 9.90 Å². The van der Waals surface area contributed by atoms with Crippen LogP contribution in [0.4, 0.5) is 0 Å². The van der Waals surface area contributed by atoms with Gasteiger partial charge in [0.1, 0.15) is 0 Å². The molecular weight excluding hydrogens is 282 g/mol. The molecular formula is C13H16BrNO2. The van der Waals surface area contributed by atoms with E-state index in [1.807, 2.05) is 18.2 Å². The van der Waals surface area contributed by atoms with Crippen LogP contribution in [0.25, 0.3) is 0 Å². The third-order valence-electron chi connectivity index (χ3n) is 3.36. The lowest BCUT2D eigenvalue weighted by Gasteiger charge is -2.29. The zero-order valence-electron chi connectivity index (χ0n) is 9.53. The smallest absolute Gasteiger partial charge is 0.306 e. The number of hydrogen-bond acceptors (Lipinski definition) is 2. The standard InChI is InChI=1S/C13H16BrNO2/c14-12-4-2-1-3-9(12)7-10-8-15-6-5-11(10)13(16)17/h1-4,10-11,15H,5-8H2,(H,16,17). The summed E-state index contributed by atoms with van der Waals surface area (Å²) in [4.78, 5) is 11.2. The Morgan fingerprint density at radius 1 is 1.47 bits per heavy atom. The first kappa shape index (κ1) is 12.6. The zero-order chi connectivity index (χ0) is 12.3. The van der Waals surface area contributed by atoms with Gasteiger partial charge < -0.3 is 10.4 Å². The molecule has 1 aromatic rings. The Bertz CT molecular complexity index is 408. The van der Waals surface area contributed by atoms with Crippen molar-refractivity contribution in [3.63, 3.8) is 0 Å². The molecule has 0 amide bonds. The van der Waals surface area contributed by atoms with Gasteiger partial charge in [-0.15, -0.1) is 0 Å². The molecule has 1 heterocycles. The highest BCUT2D eigenvalue weighted by atomic mass is 79.9. The van der Waals surface area contributed by atoms with E-state index in [2.05, 4.69) is 27.3 Å². The summed E-state index contributed by atoms with van der Waals surface area (Å²) in [7, 11) is 0. The number of carboxylic acid groups (broad SMARTS) is 1. The Morgan fingerprint density at radius 2 is 2.24 bits per heavy atom. The van der Waals surface area contributed by atoms with Gasteiger partial charge in [0, 0.05) is 4.47 Å². The summed E-state index contributed by atoms with van der Waals surface area (Å²) in [5, 5.41) is 12.5. The van der Waals surface area contributed by atoms with Crippen molar-refractivity contribution in [1.29, 1.82) is 0 Å². The van der Waals surface area contributed by atoms with Crippen molar-refractivity contribution in [3.8, 4) is 0 Å². The Morgan fingerprint density at radius 3 is 2.94 bits per heavy atom. The Balaban J connectivity index is 2.11. The van der Waals surface area contributed by atoms with Crippen molar-refractivity contribution in [2.75, 3.05) is 13.1 Å². The average Bonchev–Trinajstić information content (AvgIpc) is 2.32. The van der Waals surface area contributed by atoms with Gasteiger partial charge in [-0.2, -0.15) is 0 Å². The molecule has 0 radical (unpaired) electrons.